The van der Waals surface area contributed by atoms with Gasteiger partial charge >= 0.3 is 0 Å². The van der Waals surface area contributed by atoms with Gasteiger partial charge in [-0.25, -0.2) is 19.3 Å². The second-order valence-corrected chi connectivity index (χ2v) is 6.69. The monoisotopic (exact) mass is 414 g/mol. The average molecular weight is 414 g/mol. The molecule has 8 heteroatoms. The number of aryl methyl sites for hydroxylation is 1. The van der Waals surface area contributed by atoms with Crippen molar-refractivity contribution < 1.29 is 9.18 Å². The summed E-state index contributed by atoms with van der Waals surface area (Å²) in [7, 11) is 0. The number of halogens is 1. The van der Waals surface area contributed by atoms with Crippen LogP contribution in [0.3, 0.4) is 0 Å². The highest BCUT2D eigenvalue weighted by Gasteiger charge is 2.07. The van der Waals surface area contributed by atoms with E-state index in [0.29, 0.717) is 34.5 Å². The summed E-state index contributed by atoms with van der Waals surface area (Å²) in [5.41, 5.74) is 1.80. The van der Waals surface area contributed by atoms with Gasteiger partial charge in [0.05, 0.1) is 0 Å². The fourth-order valence-electron chi connectivity index (χ4n) is 2.85. The summed E-state index contributed by atoms with van der Waals surface area (Å²) in [4.78, 5) is 25.3. The van der Waals surface area contributed by atoms with Gasteiger partial charge in [-0.05, 0) is 67.6 Å². The van der Waals surface area contributed by atoms with Gasteiger partial charge in [0, 0.05) is 29.2 Å². The number of nitrogens with one attached hydrogen (secondary N) is 3. The van der Waals surface area contributed by atoms with Crippen LogP contribution in [0.25, 0.3) is 0 Å². The molecule has 0 bridgehead atoms. The van der Waals surface area contributed by atoms with E-state index in [4.69, 9.17) is 0 Å². The maximum Gasteiger partial charge on any atom is 0.255 e. The van der Waals surface area contributed by atoms with Gasteiger partial charge in [-0.1, -0.05) is 6.07 Å². The summed E-state index contributed by atoms with van der Waals surface area (Å²) in [6, 6.07) is 19.9. The van der Waals surface area contributed by atoms with Crippen molar-refractivity contribution in [2.45, 2.75) is 6.92 Å². The number of anilines is 5. The van der Waals surface area contributed by atoms with E-state index in [1.54, 1.807) is 24.4 Å². The minimum Gasteiger partial charge on any atom is -0.340 e. The number of hydrogen-bond acceptors (Lipinski definition) is 6. The molecule has 0 spiro atoms. The highest BCUT2D eigenvalue weighted by atomic mass is 19.1. The third kappa shape index (κ3) is 5.39. The van der Waals surface area contributed by atoms with Gasteiger partial charge in [-0.3, -0.25) is 4.79 Å². The number of hydrogen-bond donors (Lipinski definition) is 3. The van der Waals surface area contributed by atoms with Gasteiger partial charge in [0.2, 0.25) is 0 Å². The molecule has 0 saturated heterocycles. The number of benzene rings is 2. The van der Waals surface area contributed by atoms with Crippen molar-refractivity contribution in [3.63, 3.8) is 0 Å². The second-order valence-electron chi connectivity index (χ2n) is 6.69. The highest BCUT2D eigenvalue weighted by Crippen LogP contribution is 2.21. The standard InChI is InChI=1S/C23H19FN6O/c1-15-26-21(14-22(27-15)30-20-4-2-3-13-25-20)28-18-9-11-19(12-10-18)29-23(31)16-5-7-17(24)8-6-16/h2-14H,1H3,(H,29,31)(H2,25,26,27,28,30). The lowest BCUT2D eigenvalue weighted by molar-refractivity contribution is 0.102. The number of amides is 1. The van der Waals surface area contributed by atoms with Gasteiger partial charge in [0.15, 0.2) is 0 Å². The quantitative estimate of drug-likeness (QED) is 0.409. The summed E-state index contributed by atoms with van der Waals surface area (Å²) in [5.74, 6) is 1.84. The average Bonchev–Trinajstić information content (AvgIpc) is 2.76. The van der Waals surface area contributed by atoms with Crippen LogP contribution < -0.4 is 16.0 Å². The van der Waals surface area contributed by atoms with Crippen molar-refractivity contribution >= 4 is 34.7 Å². The first kappa shape index (κ1) is 20.0. The first-order chi connectivity index (χ1) is 15.0. The van der Waals surface area contributed by atoms with E-state index in [0.717, 1.165) is 5.69 Å². The van der Waals surface area contributed by atoms with Gasteiger partial charge in [0.1, 0.15) is 29.1 Å². The molecule has 1 amide bonds. The Morgan fingerprint density at radius 3 is 2.16 bits per heavy atom. The molecule has 2 aromatic carbocycles. The van der Waals surface area contributed by atoms with Crippen LogP contribution in [0, 0.1) is 12.7 Å². The van der Waals surface area contributed by atoms with Crippen LogP contribution in [-0.2, 0) is 0 Å². The zero-order chi connectivity index (χ0) is 21.6. The molecule has 2 heterocycles. The van der Waals surface area contributed by atoms with Gasteiger partial charge in [0.25, 0.3) is 5.91 Å². The molecule has 0 radical (unpaired) electrons. The predicted octanol–water partition coefficient (Wildman–Crippen LogP) is 5.06. The Morgan fingerprint density at radius 2 is 1.48 bits per heavy atom. The van der Waals surface area contributed by atoms with Crippen LogP contribution in [0.5, 0.6) is 0 Å². The lowest BCUT2D eigenvalue weighted by Crippen LogP contribution is -2.11. The van der Waals surface area contributed by atoms with Crippen LogP contribution in [-0.4, -0.2) is 20.9 Å². The molecule has 0 aliphatic rings. The molecule has 0 atom stereocenters. The number of carbonyl (C=O) groups excluding carboxylic acids is 1. The number of carbonyl (C=O) groups is 1. The summed E-state index contributed by atoms with van der Waals surface area (Å²) < 4.78 is 13.0. The van der Waals surface area contributed by atoms with Crippen LogP contribution >= 0.6 is 0 Å². The van der Waals surface area contributed by atoms with Crippen molar-refractivity contribution in [2.75, 3.05) is 16.0 Å². The molecule has 154 valence electrons. The predicted molar refractivity (Wildman–Crippen MR) is 118 cm³/mol. The number of pyridine rings is 1. The third-order valence-electron chi connectivity index (χ3n) is 4.28. The van der Waals surface area contributed by atoms with E-state index in [1.165, 1.54) is 24.3 Å². The minimum atomic E-state index is -0.384. The summed E-state index contributed by atoms with van der Waals surface area (Å²) in [6.07, 6.45) is 1.70. The van der Waals surface area contributed by atoms with Crippen molar-refractivity contribution in [3.8, 4) is 0 Å². The zero-order valence-electron chi connectivity index (χ0n) is 16.6. The second kappa shape index (κ2) is 9.00. The van der Waals surface area contributed by atoms with Crippen molar-refractivity contribution in [1.82, 2.24) is 15.0 Å². The number of nitrogens with zero attached hydrogens (tertiary/aromatic N) is 3. The first-order valence-electron chi connectivity index (χ1n) is 9.53. The lowest BCUT2D eigenvalue weighted by atomic mass is 10.2. The van der Waals surface area contributed by atoms with Crippen molar-refractivity contribution in [1.29, 1.82) is 0 Å². The molecule has 31 heavy (non-hydrogen) atoms. The van der Waals surface area contributed by atoms with Crippen LogP contribution in [0.2, 0.25) is 0 Å². The topological polar surface area (TPSA) is 91.8 Å². The molecule has 3 N–H and O–H groups in total. The molecular weight excluding hydrogens is 395 g/mol. The van der Waals surface area contributed by atoms with Gasteiger partial charge < -0.3 is 16.0 Å². The lowest BCUT2D eigenvalue weighted by Gasteiger charge is -2.11. The molecule has 0 saturated carbocycles. The Kier molecular flexibility index (Phi) is 5.79. The zero-order valence-corrected chi connectivity index (χ0v) is 16.6. The molecule has 0 aliphatic heterocycles. The molecule has 0 unspecified atom stereocenters. The molecule has 4 rings (SSSR count). The number of rotatable bonds is 6. The van der Waals surface area contributed by atoms with Gasteiger partial charge in [-0.2, -0.15) is 0 Å². The summed E-state index contributed by atoms with van der Waals surface area (Å²) >= 11 is 0. The van der Waals surface area contributed by atoms with Crippen LogP contribution in [0.15, 0.2) is 79.0 Å². The third-order valence-corrected chi connectivity index (χ3v) is 4.28. The molecule has 2 aromatic heterocycles. The smallest absolute Gasteiger partial charge is 0.255 e. The highest BCUT2D eigenvalue weighted by molar-refractivity contribution is 6.04. The van der Waals surface area contributed by atoms with E-state index in [1.807, 2.05) is 37.3 Å². The Labute approximate surface area is 178 Å². The number of aromatic nitrogens is 3. The molecule has 7 nitrogen and oxygen atoms in total. The normalized spacial score (nSPS) is 10.4. The fourth-order valence-corrected chi connectivity index (χ4v) is 2.85. The molecule has 4 aromatic rings. The van der Waals surface area contributed by atoms with Gasteiger partial charge in [-0.15, -0.1) is 0 Å². The SMILES string of the molecule is Cc1nc(Nc2ccc(NC(=O)c3ccc(F)cc3)cc2)cc(Nc2ccccn2)n1. The van der Waals surface area contributed by atoms with Crippen LogP contribution in [0.1, 0.15) is 16.2 Å². The van der Waals surface area contributed by atoms with Crippen molar-refractivity contribution in [2.24, 2.45) is 0 Å². The Hall–Kier alpha value is -4.33. The van der Waals surface area contributed by atoms with E-state index < -0.39 is 0 Å². The fraction of sp³-hybridized carbons (Fsp3) is 0.0435. The summed E-state index contributed by atoms with van der Waals surface area (Å²) in [6.45, 7) is 1.81. The maximum atomic E-state index is 13.0. The van der Waals surface area contributed by atoms with Crippen LogP contribution in [0.4, 0.5) is 33.2 Å². The Balaban J connectivity index is 1.43. The van der Waals surface area contributed by atoms with Crippen molar-refractivity contribution in [3.05, 3.63) is 96.2 Å². The molecular formula is C23H19FN6O. The van der Waals surface area contributed by atoms with E-state index >= 15 is 0 Å². The largest absolute Gasteiger partial charge is 0.340 e. The first-order valence-corrected chi connectivity index (χ1v) is 9.53. The minimum absolute atomic E-state index is 0.308. The van der Waals surface area contributed by atoms with E-state index in [9.17, 15) is 9.18 Å². The molecule has 0 aliphatic carbocycles. The molecule has 0 fully saturated rings. The Bertz CT molecular complexity index is 1180. The maximum absolute atomic E-state index is 13.0. The van der Waals surface area contributed by atoms with E-state index in [-0.39, 0.29) is 11.7 Å². The summed E-state index contributed by atoms with van der Waals surface area (Å²) in [5, 5.41) is 9.15. The van der Waals surface area contributed by atoms with E-state index in [2.05, 4.69) is 30.9 Å². The Morgan fingerprint density at radius 1 is 0.806 bits per heavy atom.